The van der Waals surface area contributed by atoms with E-state index in [1.54, 1.807) is 0 Å². The maximum absolute atomic E-state index is 10.3. The van der Waals surface area contributed by atoms with E-state index < -0.39 is 6.10 Å². The van der Waals surface area contributed by atoms with E-state index in [0.29, 0.717) is 6.42 Å². The van der Waals surface area contributed by atoms with Crippen molar-refractivity contribution in [3.63, 3.8) is 0 Å². The van der Waals surface area contributed by atoms with Crippen molar-refractivity contribution in [2.75, 3.05) is 19.0 Å². The molecule has 2 nitrogen and oxygen atoms in total. The molecule has 0 aliphatic carbocycles. The number of rotatable bonds is 4. The molecule has 0 saturated carbocycles. The zero-order chi connectivity index (χ0) is 13.8. The van der Waals surface area contributed by atoms with Gasteiger partial charge in [0.15, 0.2) is 0 Å². The monoisotopic (exact) mass is 367 g/mol. The van der Waals surface area contributed by atoms with Crippen molar-refractivity contribution in [2.24, 2.45) is 0 Å². The van der Waals surface area contributed by atoms with E-state index in [1.807, 2.05) is 43.3 Å². The number of halogens is 1. The number of anilines is 1. The second kappa shape index (κ2) is 6.39. The van der Waals surface area contributed by atoms with Gasteiger partial charge in [-0.2, -0.15) is 0 Å². The molecule has 0 radical (unpaired) electrons. The molecular formula is C16H18INO. The van der Waals surface area contributed by atoms with Crippen LogP contribution in [0.3, 0.4) is 0 Å². The Hall–Kier alpha value is -1.07. The van der Waals surface area contributed by atoms with E-state index >= 15 is 0 Å². The van der Waals surface area contributed by atoms with Gasteiger partial charge in [-0.25, -0.2) is 0 Å². The fourth-order valence-corrected chi connectivity index (χ4v) is 2.33. The number of hydrogen-bond acceptors (Lipinski definition) is 2. The fraction of sp³-hybridized carbons (Fsp3) is 0.250. The molecule has 2 rings (SSSR count). The summed E-state index contributed by atoms with van der Waals surface area (Å²) in [4.78, 5) is 2.04. The van der Waals surface area contributed by atoms with Crippen LogP contribution in [0.1, 0.15) is 17.2 Å². The van der Waals surface area contributed by atoms with Gasteiger partial charge in [0.25, 0.3) is 0 Å². The van der Waals surface area contributed by atoms with Crippen LogP contribution >= 0.6 is 22.6 Å². The Morgan fingerprint density at radius 2 is 1.79 bits per heavy atom. The molecule has 0 aliphatic heterocycles. The topological polar surface area (TPSA) is 23.5 Å². The van der Waals surface area contributed by atoms with E-state index in [9.17, 15) is 5.11 Å². The minimum absolute atomic E-state index is 0.458. The first-order valence-electron chi connectivity index (χ1n) is 6.26. The maximum Gasteiger partial charge on any atom is 0.0831 e. The molecule has 2 aromatic carbocycles. The second-order valence-electron chi connectivity index (χ2n) is 4.84. The van der Waals surface area contributed by atoms with Gasteiger partial charge in [-0.05, 0) is 58.0 Å². The smallest absolute Gasteiger partial charge is 0.0831 e. The number of aliphatic hydroxyl groups excluding tert-OH is 1. The number of hydrogen-bond donors (Lipinski definition) is 1. The van der Waals surface area contributed by atoms with Crippen LogP contribution in [0.2, 0.25) is 0 Å². The minimum atomic E-state index is -0.458. The van der Waals surface area contributed by atoms with Crippen LogP contribution in [0.5, 0.6) is 0 Å². The highest BCUT2D eigenvalue weighted by Gasteiger charge is 2.09. The van der Waals surface area contributed by atoms with Crippen molar-refractivity contribution >= 4 is 28.3 Å². The average molecular weight is 367 g/mol. The standard InChI is InChI=1S/C16H18INO/c1-18(2)15-5-3-4-13(11-15)16(19)10-12-6-8-14(17)9-7-12/h3-9,11,16,19H,10H2,1-2H3. The third-order valence-corrected chi connectivity index (χ3v) is 3.83. The van der Waals surface area contributed by atoms with Crippen LogP contribution in [-0.2, 0) is 6.42 Å². The van der Waals surface area contributed by atoms with Gasteiger partial charge in [0.05, 0.1) is 6.10 Å². The van der Waals surface area contributed by atoms with Gasteiger partial charge < -0.3 is 10.0 Å². The SMILES string of the molecule is CN(C)c1cccc(C(O)Cc2ccc(I)cc2)c1. The van der Waals surface area contributed by atoms with E-state index in [0.717, 1.165) is 16.8 Å². The van der Waals surface area contributed by atoms with Crippen molar-refractivity contribution in [1.29, 1.82) is 0 Å². The third kappa shape index (κ3) is 3.94. The van der Waals surface area contributed by atoms with Crippen LogP contribution in [0.15, 0.2) is 48.5 Å². The predicted octanol–water partition coefficient (Wildman–Crippen LogP) is 3.63. The normalized spacial score (nSPS) is 12.2. The Bertz CT molecular complexity index is 537. The molecule has 1 N–H and O–H groups in total. The van der Waals surface area contributed by atoms with Gasteiger partial charge in [0, 0.05) is 29.8 Å². The first kappa shape index (κ1) is 14.3. The zero-order valence-electron chi connectivity index (χ0n) is 11.2. The summed E-state index contributed by atoms with van der Waals surface area (Å²) in [5, 5.41) is 10.3. The van der Waals surface area contributed by atoms with Crippen molar-refractivity contribution in [1.82, 2.24) is 0 Å². The highest BCUT2D eigenvalue weighted by Crippen LogP contribution is 2.22. The van der Waals surface area contributed by atoms with Crippen LogP contribution in [-0.4, -0.2) is 19.2 Å². The zero-order valence-corrected chi connectivity index (χ0v) is 13.3. The lowest BCUT2D eigenvalue weighted by molar-refractivity contribution is 0.178. The Morgan fingerprint density at radius 1 is 1.11 bits per heavy atom. The molecule has 2 aromatic rings. The van der Waals surface area contributed by atoms with Gasteiger partial charge in [0.1, 0.15) is 0 Å². The molecule has 1 unspecified atom stereocenters. The fourth-order valence-electron chi connectivity index (χ4n) is 1.97. The summed E-state index contributed by atoms with van der Waals surface area (Å²) in [6.07, 6.45) is 0.188. The summed E-state index contributed by atoms with van der Waals surface area (Å²) < 4.78 is 1.21. The van der Waals surface area contributed by atoms with Gasteiger partial charge in [-0.1, -0.05) is 24.3 Å². The Balaban J connectivity index is 2.13. The summed E-state index contributed by atoms with van der Waals surface area (Å²) >= 11 is 2.29. The lowest BCUT2D eigenvalue weighted by atomic mass is 10.0. The van der Waals surface area contributed by atoms with Crippen LogP contribution < -0.4 is 4.90 Å². The van der Waals surface area contributed by atoms with Gasteiger partial charge in [-0.15, -0.1) is 0 Å². The summed E-state index contributed by atoms with van der Waals surface area (Å²) in [5.74, 6) is 0. The largest absolute Gasteiger partial charge is 0.388 e. The molecule has 0 fully saturated rings. The number of nitrogens with zero attached hydrogens (tertiary/aromatic N) is 1. The van der Waals surface area contributed by atoms with Crippen molar-refractivity contribution in [3.8, 4) is 0 Å². The molecule has 100 valence electrons. The number of benzene rings is 2. The Morgan fingerprint density at radius 3 is 2.42 bits per heavy atom. The second-order valence-corrected chi connectivity index (χ2v) is 6.08. The molecule has 3 heteroatoms. The molecule has 0 bridgehead atoms. The van der Waals surface area contributed by atoms with Crippen molar-refractivity contribution < 1.29 is 5.11 Å². The molecule has 0 saturated heterocycles. The molecule has 19 heavy (non-hydrogen) atoms. The minimum Gasteiger partial charge on any atom is -0.388 e. The molecule has 0 spiro atoms. The molecule has 0 amide bonds. The third-order valence-electron chi connectivity index (χ3n) is 3.11. The Kier molecular flexibility index (Phi) is 4.82. The first-order valence-corrected chi connectivity index (χ1v) is 7.34. The van der Waals surface area contributed by atoms with E-state index in [2.05, 4.69) is 46.9 Å². The summed E-state index contributed by atoms with van der Waals surface area (Å²) in [7, 11) is 4.01. The van der Waals surface area contributed by atoms with E-state index in [1.165, 1.54) is 3.57 Å². The van der Waals surface area contributed by atoms with Gasteiger partial charge >= 0.3 is 0 Å². The first-order chi connectivity index (χ1) is 9.06. The maximum atomic E-state index is 10.3. The van der Waals surface area contributed by atoms with Gasteiger partial charge in [-0.3, -0.25) is 0 Å². The highest BCUT2D eigenvalue weighted by atomic mass is 127. The lowest BCUT2D eigenvalue weighted by Crippen LogP contribution is -2.10. The summed E-state index contributed by atoms with van der Waals surface area (Å²) in [5.41, 5.74) is 3.23. The Labute approximate surface area is 128 Å². The van der Waals surface area contributed by atoms with Gasteiger partial charge in [0.2, 0.25) is 0 Å². The predicted molar refractivity (Wildman–Crippen MR) is 88.6 cm³/mol. The van der Waals surface area contributed by atoms with E-state index in [4.69, 9.17) is 0 Å². The number of aliphatic hydroxyl groups is 1. The van der Waals surface area contributed by atoms with Crippen LogP contribution in [0, 0.1) is 3.57 Å². The molecule has 0 heterocycles. The van der Waals surface area contributed by atoms with Crippen LogP contribution in [0.4, 0.5) is 5.69 Å². The molecule has 0 aliphatic rings. The lowest BCUT2D eigenvalue weighted by Gasteiger charge is -2.16. The molecule has 1 atom stereocenters. The summed E-state index contributed by atoms with van der Waals surface area (Å²) in [6, 6.07) is 16.3. The molecular weight excluding hydrogens is 349 g/mol. The average Bonchev–Trinajstić information content (AvgIpc) is 2.41. The van der Waals surface area contributed by atoms with Crippen molar-refractivity contribution in [3.05, 3.63) is 63.2 Å². The molecule has 0 aromatic heterocycles. The highest BCUT2D eigenvalue weighted by molar-refractivity contribution is 14.1. The van der Waals surface area contributed by atoms with Crippen LogP contribution in [0.25, 0.3) is 0 Å². The quantitative estimate of drug-likeness (QED) is 0.835. The van der Waals surface area contributed by atoms with E-state index in [-0.39, 0.29) is 0 Å². The summed E-state index contributed by atoms with van der Waals surface area (Å²) in [6.45, 7) is 0. The van der Waals surface area contributed by atoms with Crippen molar-refractivity contribution in [2.45, 2.75) is 12.5 Å².